The summed E-state index contributed by atoms with van der Waals surface area (Å²) in [5.41, 5.74) is 0.00981. The number of alkyl halides is 4. The molecule has 0 aliphatic carbocycles. The quantitative estimate of drug-likeness (QED) is 0.828. The summed E-state index contributed by atoms with van der Waals surface area (Å²) >= 11 is 5.60. The summed E-state index contributed by atoms with van der Waals surface area (Å²) in [7, 11) is 0. The first-order chi connectivity index (χ1) is 11.7. The first kappa shape index (κ1) is 17.7. The number of hydrogen-bond acceptors (Lipinski definition) is 2. The highest BCUT2D eigenvalue weighted by Crippen LogP contribution is 2.37. The Kier molecular flexibility index (Phi) is 4.73. The average molecular weight is 376 g/mol. The van der Waals surface area contributed by atoms with Crippen molar-refractivity contribution in [1.82, 2.24) is 15.1 Å². The summed E-state index contributed by atoms with van der Waals surface area (Å²) < 4.78 is 51.9. The third-order valence-electron chi connectivity index (χ3n) is 4.02. The molecule has 0 bridgehead atoms. The predicted molar refractivity (Wildman–Crippen MR) is 83.8 cm³/mol. The van der Waals surface area contributed by atoms with Crippen molar-refractivity contribution in [1.29, 1.82) is 0 Å². The van der Waals surface area contributed by atoms with E-state index in [9.17, 15) is 22.4 Å². The van der Waals surface area contributed by atoms with Crippen molar-refractivity contribution >= 4 is 17.5 Å². The zero-order chi connectivity index (χ0) is 18.2. The number of carbonyl (C=O) groups excluding carboxylic acids is 1. The maximum absolute atomic E-state index is 13.1. The molecule has 1 atom stereocenters. The van der Waals surface area contributed by atoms with Crippen LogP contribution in [-0.2, 0) is 17.4 Å². The van der Waals surface area contributed by atoms with E-state index in [0.29, 0.717) is 18.7 Å². The average Bonchev–Trinajstić information content (AvgIpc) is 3.16. The second-order valence-corrected chi connectivity index (χ2v) is 6.28. The maximum atomic E-state index is 13.1. The lowest BCUT2D eigenvalue weighted by Gasteiger charge is -2.14. The third-order valence-corrected chi connectivity index (χ3v) is 4.35. The van der Waals surface area contributed by atoms with Crippen LogP contribution in [0, 0.1) is 0 Å². The lowest BCUT2D eigenvalue weighted by Crippen LogP contribution is -2.30. The Hall–Kier alpha value is -2.09. The summed E-state index contributed by atoms with van der Waals surface area (Å²) in [5, 5.41) is 6.20. The highest BCUT2D eigenvalue weighted by atomic mass is 35.5. The zero-order valence-corrected chi connectivity index (χ0v) is 13.7. The SMILES string of the molecule is O=C(Cc1cc(-c2ccc(Cl)c(C(F)(F)F)c2)n[nH]1)N1CCC(F)C1. The number of carbonyl (C=O) groups is 1. The second kappa shape index (κ2) is 6.67. The molecule has 134 valence electrons. The van der Waals surface area contributed by atoms with Crippen molar-refractivity contribution < 1.29 is 22.4 Å². The molecule has 1 aromatic heterocycles. The standard InChI is InChI=1S/C16H14ClF4N3O/c17-13-2-1-9(5-12(13)16(19,20)21)14-6-11(22-23-14)7-15(25)24-4-3-10(18)8-24/h1-2,5-6,10H,3-4,7-8H2,(H,22,23). The van der Waals surface area contributed by atoms with Crippen molar-refractivity contribution in [3.8, 4) is 11.3 Å². The molecule has 0 spiro atoms. The molecule has 1 unspecified atom stereocenters. The van der Waals surface area contributed by atoms with E-state index in [-0.39, 0.29) is 30.1 Å². The van der Waals surface area contributed by atoms with Gasteiger partial charge in [-0.3, -0.25) is 9.89 Å². The van der Waals surface area contributed by atoms with Gasteiger partial charge in [0.1, 0.15) is 6.17 Å². The molecule has 0 radical (unpaired) electrons. The van der Waals surface area contributed by atoms with Gasteiger partial charge in [-0.05, 0) is 24.6 Å². The minimum absolute atomic E-state index is 0.0144. The number of amides is 1. The van der Waals surface area contributed by atoms with E-state index in [2.05, 4.69) is 10.2 Å². The van der Waals surface area contributed by atoms with E-state index >= 15 is 0 Å². The van der Waals surface area contributed by atoms with Crippen LogP contribution < -0.4 is 0 Å². The van der Waals surface area contributed by atoms with Crippen LogP contribution in [-0.4, -0.2) is 40.3 Å². The van der Waals surface area contributed by atoms with Crippen LogP contribution in [0.15, 0.2) is 24.3 Å². The fourth-order valence-corrected chi connectivity index (χ4v) is 2.95. The molecule has 1 amide bonds. The van der Waals surface area contributed by atoms with Crippen LogP contribution in [0.25, 0.3) is 11.3 Å². The molecular formula is C16H14ClF4N3O. The second-order valence-electron chi connectivity index (χ2n) is 5.87. The highest BCUT2D eigenvalue weighted by molar-refractivity contribution is 6.31. The van der Waals surface area contributed by atoms with E-state index in [0.717, 1.165) is 12.1 Å². The van der Waals surface area contributed by atoms with Crippen molar-refractivity contribution in [3.05, 3.63) is 40.5 Å². The Morgan fingerprint density at radius 1 is 1.36 bits per heavy atom. The van der Waals surface area contributed by atoms with E-state index in [4.69, 9.17) is 11.6 Å². The molecule has 1 aliphatic heterocycles. The summed E-state index contributed by atoms with van der Waals surface area (Å²) in [5.74, 6) is -0.248. The van der Waals surface area contributed by atoms with Gasteiger partial charge in [-0.1, -0.05) is 17.7 Å². The molecule has 1 aromatic carbocycles. The van der Waals surface area contributed by atoms with Gasteiger partial charge in [-0.2, -0.15) is 18.3 Å². The number of likely N-dealkylation sites (tertiary alicyclic amines) is 1. The molecule has 2 heterocycles. The third kappa shape index (κ3) is 3.95. The lowest BCUT2D eigenvalue weighted by molar-refractivity contribution is -0.137. The minimum atomic E-state index is -4.57. The summed E-state index contributed by atoms with van der Waals surface area (Å²) in [6.45, 7) is 0.444. The molecule has 1 N–H and O–H groups in total. The van der Waals surface area contributed by atoms with Gasteiger partial charge < -0.3 is 4.90 Å². The van der Waals surface area contributed by atoms with Gasteiger partial charge in [0.15, 0.2) is 0 Å². The van der Waals surface area contributed by atoms with Gasteiger partial charge in [0, 0.05) is 17.8 Å². The number of nitrogens with zero attached hydrogens (tertiary/aromatic N) is 2. The fraction of sp³-hybridized carbons (Fsp3) is 0.375. The Labute approximate surface area is 145 Å². The van der Waals surface area contributed by atoms with Crippen LogP contribution in [0.1, 0.15) is 17.7 Å². The van der Waals surface area contributed by atoms with Crippen LogP contribution in [0.4, 0.5) is 17.6 Å². The topological polar surface area (TPSA) is 49.0 Å². The number of halogens is 5. The minimum Gasteiger partial charge on any atom is -0.339 e. The van der Waals surface area contributed by atoms with Gasteiger partial charge in [0.25, 0.3) is 0 Å². The Morgan fingerprint density at radius 2 is 2.12 bits per heavy atom. The molecule has 9 heteroatoms. The molecule has 4 nitrogen and oxygen atoms in total. The maximum Gasteiger partial charge on any atom is 0.417 e. The Balaban J connectivity index is 1.76. The summed E-state index contributed by atoms with van der Waals surface area (Å²) in [6.07, 6.45) is -5.26. The lowest BCUT2D eigenvalue weighted by atomic mass is 10.1. The van der Waals surface area contributed by atoms with Gasteiger partial charge in [0.2, 0.25) is 5.91 Å². The molecule has 1 saturated heterocycles. The van der Waals surface area contributed by atoms with Gasteiger partial charge in [-0.15, -0.1) is 0 Å². The molecular weight excluding hydrogens is 362 g/mol. The molecule has 0 saturated carbocycles. The van der Waals surface area contributed by atoms with Gasteiger partial charge in [-0.25, -0.2) is 4.39 Å². The van der Waals surface area contributed by atoms with Crippen LogP contribution >= 0.6 is 11.6 Å². The number of aromatic amines is 1. The smallest absolute Gasteiger partial charge is 0.339 e. The normalized spacial score (nSPS) is 18.0. The van der Waals surface area contributed by atoms with E-state index < -0.39 is 22.9 Å². The van der Waals surface area contributed by atoms with Crippen molar-refractivity contribution in [3.63, 3.8) is 0 Å². The monoisotopic (exact) mass is 375 g/mol. The molecule has 25 heavy (non-hydrogen) atoms. The summed E-state index contributed by atoms with van der Waals surface area (Å²) in [6, 6.07) is 5.00. The fourth-order valence-electron chi connectivity index (χ4n) is 2.72. The van der Waals surface area contributed by atoms with E-state index in [1.165, 1.54) is 17.0 Å². The Morgan fingerprint density at radius 3 is 2.76 bits per heavy atom. The van der Waals surface area contributed by atoms with Crippen molar-refractivity contribution in [2.24, 2.45) is 0 Å². The van der Waals surface area contributed by atoms with Gasteiger partial charge in [0.05, 0.1) is 29.2 Å². The van der Waals surface area contributed by atoms with Crippen molar-refractivity contribution in [2.45, 2.75) is 25.2 Å². The van der Waals surface area contributed by atoms with Crippen LogP contribution in [0.5, 0.6) is 0 Å². The van der Waals surface area contributed by atoms with Crippen LogP contribution in [0.3, 0.4) is 0 Å². The number of hydrogen-bond donors (Lipinski definition) is 1. The van der Waals surface area contributed by atoms with Crippen molar-refractivity contribution in [2.75, 3.05) is 13.1 Å². The zero-order valence-electron chi connectivity index (χ0n) is 12.9. The number of rotatable bonds is 3. The molecule has 1 fully saturated rings. The molecule has 2 aromatic rings. The number of nitrogens with one attached hydrogen (secondary N) is 1. The largest absolute Gasteiger partial charge is 0.417 e. The number of H-pyrrole nitrogens is 1. The van der Waals surface area contributed by atoms with E-state index in [1.807, 2.05) is 0 Å². The summed E-state index contributed by atoms with van der Waals surface area (Å²) in [4.78, 5) is 13.5. The number of benzene rings is 1. The predicted octanol–water partition coefficient (Wildman–Crippen LogP) is 3.86. The van der Waals surface area contributed by atoms with Gasteiger partial charge >= 0.3 is 6.18 Å². The Bertz CT molecular complexity index is 790. The first-order valence-corrected chi connectivity index (χ1v) is 7.95. The van der Waals surface area contributed by atoms with Crippen LogP contribution in [0.2, 0.25) is 5.02 Å². The molecule has 3 rings (SSSR count). The highest BCUT2D eigenvalue weighted by Gasteiger charge is 2.33. The molecule has 1 aliphatic rings. The first-order valence-electron chi connectivity index (χ1n) is 7.57. The van der Waals surface area contributed by atoms with E-state index in [1.54, 1.807) is 0 Å². The number of aromatic nitrogens is 2.